The van der Waals surface area contributed by atoms with Gasteiger partial charge < -0.3 is 24.2 Å². The van der Waals surface area contributed by atoms with Gasteiger partial charge in [-0.15, -0.1) is 25.6 Å². The van der Waals surface area contributed by atoms with E-state index in [1.807, 2.05) is 0 Å². The van der Waals surface area contributed by atoms with Gasteiger partial charge in [-0.25, -0.2) is 0 Å². The number of ether oxygens (including phenoxy) is 3. The number of fused-ring (bicyclic) bond motifs is 1. The number of amides is 1. The van der Waals surface area contributed by atoms with E-state index in [1.54, 1.807) is 55.0 Å². The summed E-state index contributed by atoms with van der Waals surface area (Å²) in [5, 5.41) is 9.34. The maximum Gasteiger partial charge on any atom is 0.573 e. The molecule has 0 aromatic heterocycles. The van der Waals surface area contributed by atoms with Crippen LogP contribution in [0.3, 0.4) is 0 Å². The number of hydrogen-bond acceptors (Lipinski definition) is 6. The van der Waals surface area contributed by atoms with Crippen LogP contribution in [0.2, 0.25) is 0 Å². The lowest BCUT2D eigenvalue weighted by Gasteiger charge is -2.27. The summed E-state index contributed by atoms with van der Waals surface area (Å²) < 4.78 is 54.3. The van der Waals surface area contributed by atoms with E-state index in [0.29, 0.717) is 31.6 Å². The second kappa shape index (κ2) is 11.7. The summed E-state index contributed by atoms with van der Waals surface area (Å²) in [5.41, 5.74) is 1.79. The average Bonchev–Trinajstić information content (AvgIpc) is 3.40. The van der Waals surface area contributed by atoms with Crippen LogP contribution in [0.25, 0.3) is 0 Å². The molecule has 2 aromatic carbocycles. The highest BCUT2D eigenvalue weighted by atomic mass is 35.5. The molecule has 12 heteroatoms. The van der Waals surface area contributed by atoms with Crippen molar-refractivity contribution in [3.05, 3.63) is 47.5 Å². The number of carboxylic acids is 1. The van der Waals surface area contributed by atoms with Crippen molar-refractivity contribution in [3.63, 3.8) is 0 Å². The molecule has 8 nitrogen and oxygen atoms in total. The lowest BCUT2D eigenvalue weighted by molar-refractivity contribution is -0.275. The SMILES string of the molecule is CC(C)Oc1ccc(COc2ccc3c(c2)CCN3C(=O)[C@@H]2CC[C@@H](C(=O)O)N2C)c(OC(F)(F)F)c1.Cl. The number of rotatable bonds is 8. The van der Waals surface area contributed by atoms with E-state index in [-0.39, 0.29) is 42.3 Å². The first kappa shape index (κ1) is 29.4. The molecule has 38 heavy (non-hydrogen) atoms. The zero-order chi connectivity index (χ0) is 26.9. The average molecular weight is 559 g/mol. The van der Waals surface area contributed by atoms with Gasteiger partial charge in [0, 0.05) is 23.9 Å². The predicted molar refractivity (Wildman–Crippen MR) is 135 cm³/mol. The Bertz CT molecular complexity index is 1180. The molecule has 1 N–H and O–H groups in total. The Hall–Kier alpha value is -3.18. The first-order chi connectivity index (χ1) is 17.4. The summed E-state index contributed by atoms with van der Waals surface area (Å²) >= 11 is 0. The van der Waals surface area contributed by atoms with Crippen LogP contribution in [0.15, 0.2) is 36.4 Å². The minimum Gasteiger partial charge on any atom is -0.491 e. The number of carbonyl (C=O) groups excluding carboxylic acids is 1. The van der Waals surface area contributed by atoms with Crippen LogP contribution in [0, 0.1) is 0 Å². The topological polar surface area (TPSA) is 88.5 Å². The number of hydrogen-bond donors (Lipinski definition) is 1. The number of likely N-dealkylation sites (tertiary alicyclic amines) is 1. The molecule has 1 saturated heterocycles. The third kappa shape index (κ3) is 6.63. The number of aliphatic carboxylic acids is 1. The number of likely N-dealkylation sites (N-methyl/N-ethyl adjacent to an activating group) is 1. The standard InChI is InChI=1S/C26H29F3N2O6.ClH/c1-15(2)36-19-5-4-17(23(13-19)37-26(27,28)29)14-35-18-6-7-20-16(12-18)10-11-31(20)24(32)21-8-9-22(25(33)34)30(21)3;/h4-7,12-13,15,21-22H,8-11,14H2,1-3H3,(H,33,34);1H/t21-,22-;/m0./s1. The second-order valence-corrected chi connectivity index (χ2v) is 9.42. The Morgan fingerprint density at radius 1 is 1.08 bits per heavy atom. The molecule has 0 unspecified atom stereocenters. The van der Waals surface area contributed by atoms with Gasteiger partial charge >= 0.3 is 12.3 Å². The molecular weight excluding hydrogens is 529 g/mol. The minimum atomic E-state index is -4.87. The van der Waals surface area contributed by atoms with E-state index in [9.17, 15) is 27.9 Å². The Labute approximate surface area is 224 Å². The van der Waals surface area contributed by atoms with Gasteiger partial charge in [0.1, 0.15) is 29.9 Å². The first-order valence-electron chi connectivity index (χ1n) is 12.0. The summed E-state index contributed by atoms with van der Waals surface area (Å²) in [5.74, 6) is -0.784. The van der Waals surface area contributed by atoms with Gasteiger partial charge in [-0.3, -0.25) is 14.5 Å². The van der Waals surface area contributed by atoms with E-state index >= 15 is 0 Å². The number of benzene rings is 2. The summed E-state index contributed by atoms with van der Waals surface area (Å²) in [4.78, 5) is 27.8. The summed E-state index contributed by atoms with van der Waals surface area (Å²) in [6.45, 7) is 3.82. The second-order valence-electron chi connectivity index (χ2n) is 9.42. The van der Waals surface area contributed by atoms with Crippen LogP contribution < -0.4 is 19.1 Å². The van der Waals surface area contributed by atoms with Crippen LogP contribution >= 0.6 is 12.4 Å². The molecule has 0 bridgehead atoms. The van der Waals surface area contributed by atoms with Gasteiger partial charge in [-0.2, -0.15) is 0 Å². The fraction of sp³-hybridized carbons (Fsp3) is 0.462. The highest BCUT2D eigenvalue weighted by molar-refractivity contribution is 5.99. The number of alkyl halides is 3. The van der Waals surface area contributed by atoms with E-state index in [4.69, 9.17) is 9.47 Å². The predicted octanol–water partition coefficient (Wildman–Crippen LogP) is 4.81. The molecule has 2 heterocycles. The largest absolute Gasteiger partial charge is 0.573 e. The molecule has 1 fully saturated rings. The third-order valence-corrected chi connectivity index (χ3v) is 6.51. The summed E-state index contributed by atoms with van der Waals surface area (Å²) in [7, 11) is 1.65. The Kier molecular flexibility index (Phi) is 9.04. The molecule has 0 radical (unpaired) electrons. The first-order valence-corrected chi connectivity index (χ1v) is 12.0. The zero-order valence-corrected chi connectivity index (χ0v) is 22.0. The van der Waals surface area contributed by atoms with Crippen molar-refractivity contribution < 1.29 is 42.1 Å². The van der Waals surface area contributed by atoms with E-state index in [2.05, 4.69) is 4.74 Å². The van der Waals surface area contributed by atoms with E-state index < -0.39 is 30.2 Å². The zero-order valence-electron chi connectivity index (χ0n) is 21.2. The smallest absolute Gasteiger partial charge is 0.491 e. The van der Waals surface area contributed by atoms with Crippen molar-refractivity contribution in [3.8, 4) is 17.2 Å². The maximum atomic E-state index is 13.2. The summed E-state index contributed by atoms with van der Waals surface area (Å²) in [6, 6.07) is 8.20. The van der Waals surface area contributed by atoms with Crippen molar-refractivity contribution in [1.82, 2.24) is 4.90 Å². The molecule has 1 amide bonds. The quantitative estimate of drug-likeness (QED) is 0.497. The molecule has 0 saturated carbocycles. The normalized spacial score (nSPS) is 19.2. The van der Waals surface area contributed by atoms with Crippen LogP contribution in [0.1, 0.15) is 37.8 Å². The number of halogens is 4. The number of nitrogens with zero attached hydrogens (tertiary/aromatic N) is 2. The highest BCUT2D eigenvalue weighted by Crippen LogP contribution is 2.35. The lowest BCUT2D eigenvalue weighted by atomic mass is 10.1. The van der Waals surface area contributed by atoms with Crippen molar-refractivity contribution in [2.45, 2.75) is 64.3 Å². The van der Waals surface area contributed by atoms with Crippen LogP contribution in [-0.4, -0.2) is 60.0 Å². The molecule has 2 aromatic rings. The Morgan fingerprint density at radius 3 is 2.39 bits per heavy atom. The molecule has 0 aliphatic carbocycles. The van der Waals surface area contributed by atoms with Gasteiger partial charge in [0.25, 0.3) is 0 Å². The van der Waals surface area contributed by atoms with Gasteiger partial charge in [-0.1, -0.05) is 0 Å². The van der Waals surface area contributed by atoms with E-state index in [1.165, 1.54) is 12.1 Å². The Morgan fingerprint density at radius 2 is 1.76 bits per heavy atom. The van der Waals surface area contributed by atoms with Gasteiger partial charge in [0.15, 0.2) is 0 Å². The van der Waals surface area contributed by atoms with Crippen molar-refractivity contribution in [2.24, 2.45) is 0 Å². The number of carbonyl (C=O) groups is 2. The Balaban J connectivity index is 0.00000400. The number of anilines is 1. The third-order valence-electron chi connectivity index (χ3n) is 6.51. The molecule has 2 aliphatic heterocycles. The van der Waals surface area contributed by atoms with Gasteiger partial charge in [0.2, 0.25) is 5.91 Å². The van der Waals surface area contributed by atoms with Crippen molar-refractivity contribution in [1.29, 1.82) is 0 Å². The monoisotopic (exact) mass is 558 g/mol. The van der Waals surface area contributed by atoms with Gasteiger partial charge in [-0.05, 0) is 76.1 Å². The molecule has 2 aliphatic rings. The van der Waals surface area contributed by atoms with E-state index in [0.717, 1.165) is 11.3 Å². The molecule has 4 rings (SSSR count). The molecule has 208 valence electrons. The molecular formula is C26H30ClF3N2O6. The van der Waals surface area contributed by atoms with Gasteiger partial charge in [0.05, 0.1) is 12.1 Å². The highest BCUT2D eigenvalue weighted by Gasteiger charge is 2.42. The fourth-order valence-electron chi connectivity index (χ4n) is 4.79. The maximum absolute atomic E-state index is 13.2. The minimum absolute atomic E-state index is 0. The van der Waals surface area contributed by atoms with Crippen LogP contribution in [0.5, 0.6) is 17.2 Å². The summed E-state index contributed by atoms with van der Waals surface area (Å²) in [6.07, 6.45) is -3.61. The lowest BCUT2D eigenvalue weighted by Crippen LogP contribution is -2.47. The fourth-order valence-corrected chi connectivity index (χ4v) is 4.79. The van der Waals surface area contributed by atoms with Crippen LogP contribution in [0.4, 0.5) is 18.9 Å². The van der Waals surface area contributed by atoms with Crippen molar-refractivity contribution in [2.75, 3.05) is 18.5 Å². The van der Waals surface area contributed by atoms with Crippen LogP contribution in [-0.2, 0) is 22.6 Å². The molecule has 0 spiro atoms. The van der Waals surface area contributed by atoms with Crippen molar-refractivity contribution >= 4 is 30.0 Å². The number of carboxylic acid groups (broad SMARTS) is 1. The molecule has 2 atom stereocenters.